The van der Waals surface area contributed by atoms with Crippen LogP contribution in [0.15, 0.2) is 42.7 Å². The summed E-state index contributed by atoms with van der Waals surface area (Å²) in [5, 5.41) is 14.3. The summed E-state index contributed by atoms with van der Waals surface area (Å²) in [5.41, 5.74) is 7.27. The molecular weight excluding hydrogens is 1780 g/mol. The molecule has 3 heterocycles. The van der Waals surface area contributed by atoms with E-state index in [0.29, 0.717) is 320 Å². The minimum Gasteiger partial charge on any atom is -0.471 e. The number of fused-ring (bicyclic) bond motifs is 1. The maximum atomic E-state index is 13.8. The zero-order valence-corrected chi connectivity index (χ0v) is 79.4. The Morgan fingerprint density at radius 3 is 0.948 bits per heavy atom. The molecule has 46 nitrogen and oxygen atoms in total. The molecule has 1 atom stereocenters. The van der Waals surface area contributed by atoms with Crippen LogP contribution in [-0.2, 0) is 175 Å². The van der Waals surface area contributed by atoms with Crippen LogP contribution in [0.3, 0.4) is 0 Å². The van der Waals surface area contributed by atoms with Crippen molar-refractivity contribution in [2.45, 2.75) is 70.1 Å². The number of nitrogens with zero attached hydrogens (tertiary/aromatic N) is 4. The number of H-pyrrole nitrogens is 1. The lowest BCUT2D eigenvalue weighted by Gasteiger charge is -2.34. The number of imide groups is 1. The third-order valence-corrected chi connectivity index (χ3v) is 18.4. The normalized spacial score (nSPS) is 12.5. The number of nitrogens with one attached hydrogen (secondary N) is 6. The molecule has 0 fully saturated rings. The van der Waals surface area contributed by atoms with Gasteiger partial charge in [-0.1, -0.05) is 30.7 Å². The quantitative estimate of drug-likeness (QED) is 0.0291. The van der Waals surface area contributed by atoms with Crippen LogP contribution >= 0.6 is 0 Å². The molecule has 0 saturated carbocycles. The number of unbranched alkanes of at least 4 members (excludes halogenated alkanes) is 2. The van der Waals surface area contributed by atoms with Crippen molar-refractivity contribution >= 4 is 58.5 Å². The summed E-state index contributed by atoms with van der Waals surface area (Å²) in [6.45, 7) is 19.3. The Labute approximate surface area is 792 Å². The van der Waals surface area contributed by atoms with Gasteiger partial charge < -0.3 is 170 Å². The lowest BCUT2D eigenvalue weighted by atomic mass is 10.0. The minimum absolute atomic E-state index is 0.0295. The number of hydrogen-bond donors (Lipinski definition) is 7. The minimum atomic E-state index is -1.36. The molecule has 0 radical (unpaired) electrons. The van der Waals surface area contributed by atoms with Crippen LogP contribution in [-0.4, -0.2) is 456 Å². The van der Waals surface area contributed by atoms with Gasteiger partial charge in [0.25, 0.3) is 11.8 Å². The van der Waals surface area contributed by atoms with Crippen LogP contribution in [0, 0.1) is 0 Å². The zero-order valence-electron chi connectivity index (χ0n) is 79.4. The van der Waals surface area contributed by atoms with Gasteiger partial charge in [0.2, 0.25) is 41.4 Å². The van der Waals surface area contributed by atoms with Crippen molar-refractivity contribution in [1.29, 1.82) is 0 Å². The molecule has 1 aromatic carbocycles. The Hall–Kier alpha value is -7.48. The van der Waals surface area contributed by atoms with E-state index in [4.69, 9.17) is 138 Å². The maximum absolute atomic E-state index is 13.8. The van der Waals surface area contributed by atoms with Crippen molar-refractivity contribution in [3.8, 4) is 5.88 Å². The Morgan fingerprint density at radius 2 is 0.622 bits per heavy atom. The maximum Gasteiger partial charge on any atom is 0.253 e. The zero-order chi connectivity index (χ0) is 96.4. The van der Waals surface area contributed by atoms with E-state index in [-0.39, 0.29) is 178 Å². The van der Waals surface area contributed by atoms with Crippen molar-refractivity contribution in [3.63, 3.8) is 0 Å². The third kappa shape index (κ3) is 70.7. The molecule has 3 aromatic rings. The number of nitrogens with two attached hydrogens (primary N) is 1. The molecule has 0 aliphatic carbocycles. The predicted molar refractivity (Wildman–Crippen MR) is 486 cm³/mol. The van der Waals surface area contributed by atoms with Gasteiger partial charge >= 0.3 is 0 Å². The van der Waals surface area contributed by atoms with E-state index in [0.717, 1.165) is 16.0 Å². The summed E-state index contributed by atoms with van der Waals surface area (Å²) < 4.78 is 156. The number of methoxy groups -OCH3 is 2. The smallest absolute Gasteiger partial charge is 0.253 e. The van der Waals surface area contributed by atoms with Gasteiger partial charge in [0, 0.05) is 91.2 Å². The average Bonchev–Trinajstić information content (AvgIpc) is 1.71. The summed E-state index contributed by atoms with van der Waals surface area (Å²) in [6, 6.07) is 7.68. The van der Waals surface area contributed by atoms with E-state index in [9.17, 15) is 33.6 Å². The van der Waals surface area contributed by atoms with Crippen LogP contribution in [0.5, 0.6) is 5.88 Å². The van der Waals surface area contributed by atoms with Crippen molar-refractivity contribution < 1.29 is 166 Å². The summed E-state index contributed by atoms with van der Waals surface area (Å²) in [6.07, 6.45) is 5.55. The van der Waals surface area contributed by atoms with E-state index >= 15 is 0 Å². The predicted octanol–water partition coefficient (Wildman–Crippen LogP) is 0.0875. The van der Waals surface area contributed by atoms with Gasteiger partial charge in [-0.15, -0.1) is 0 Å². The monoisotopic (exact) mass is 1940 g/mol. The molecule has 774 valence electrons. The Balaban J connectivity index is 0.962. The van der Waals surface area contributed by atoms with Gasteiger partial charge in [-0.25, -0.2) is 4.98 Å². The number of aromatic nitrogens is 4. The average molecular weight is 1940 g/mol. The molecule has 0 saturated heterocycles. The molecule has 2 aromatic heterocycles. The molecule has 8 N–H and O–H groups in total. The number of ether oxygens (including phenoxy) is 28. The van der Waals surface area contributed by atoms with Crippen LogP contribution in [0.25, 0.3) is 11.2 Å². The number of hydrogen-bond acceptors (Lipinski definition) is 39. The molecule has 1 unspecified atom stereocenters. The number of nitrogen functional groups attached to an aromatic ring is 1. The van der Waals surface area contributed by atoms with Gasteiger partial charge in [0.1, 0.15) is 17.7 Å². The van der Waals surface area contributed by atoms with Gasteiger partial charge in [0.05, 0.1) is 350 Å². The molecule has 135 heavy (non-hydrogen) atoms. The second kappa shape index (κ2) is 88.0. The Morgan fingerprint density at radius 1 is 0.333 bits per heavy atom. The molecule has 7 amide bonds. The molecule has 1 aliphatic heterocycles. The lowest BCUT2D eigenvalue weighted by molar-refractivity contribution is -0.137. The number of imidazole rings is 1. The van der Waals surface area contributed by atoms with E-state index in [2.05, 4.69) is 46.5 Å². The number of amides is 7. The van der Waals surface area contributed by atoms with Crippen molar-refractivity contribution in [2.75, 3.05) is 390 Å². The second-order valence-electron chi connectivity index (χ2n) is 29.3. The van der Waals surface area contributed by atoms with Crippen LogP contribution in [0.4, 0.5) is 5.95 Å². The van der Waals surface area contributed by atoms with Crippen LogP contribution in [0.1, 0.15) is 62.5 Å². The SMILES string of the molecule is COCCOCCOCCOCCNC(=O)CCOCC(COCCC(=O)NCCOCCOCCOCCOCCOCCOCCOCCOC)(COCCC(=O)NCCOCCOCCOCCOCCOCCOCCOCCOCCOCCOCCOCCOCCC(=O)NCc1ccc(COc2nc(N)nc3nc[nH]c23)cc1)NC(=O)CCCCCN1C(=O)C=CC1=O. The number of benzene rings is 1. The molecule has 46 heteroatoms. The number of aromatic amines is 1. The number of carbonyl (C=O) groups excluding carboxylic acids is 7. The summed E-state index contributed by atoms with van der Waals surface area (Å²) in [4.78, 5) is 106. The van der Waals surface area contributed by atoms with E-state index < -0.39 is 5.54 Å². The van der Waals surface area contributed by atoms with Crippen molar-refractivity contribution in [2.24, 2.45) is 0 Å². The topological polar surface area (TPSA) is 522 Å². The van der Waals surface area contributed by atoms with Crippen LogP contribution in [0.2, 0.25) is 0 Å². The number of carbonyl (C=O) groups is 7. The van der Waals surface area contributed by atoms with Gasteiger partial charge in [0.15, 0.2) is 5.65 Å². The summed E-state index contributed by atoms with van der Waals surface area (Å²) in [5.74, 6) is -1.78. The van der Waals surface area contributed by atoms with E-state index in [1.165, 1.54) is 18.5 Å². The molecule has 4 rings (SSSR count). The fourth-order valence-corrected chi connectivity index (χ4v) is 11.4. The second-order valence-corrected chi connectivity index (χ2v) is 29.3. The first kappa shape index (κ1) is 120. The standard InChI is InChI=1S/C89H153N11O35/c1-108-28-30-114-40-42-117-37-33-111-25-17-91-78(101)14-22-132-72-89(99-82(105)6-4-3-5-20-100-83(106)11-12-84(100)107,73-133-23-15-79(102)92-18-26-112-34-38-118-45-48-122-53-56-126-59-58-124-51-50-120-43-41-115-31-29-109-2)74-134-24-16-80(103)93-19-27-113-35-39-119-46-49-123-54-57-127-61-63-129-65-67-131-69-68-130-66-64-128-62-60-125-55-52-121-47-44-116-36-32-110-21-13-81(104)94-70-76-7-9-77(10-8-76)71-135-87-85-86(96-75-95-85)97-88(90)98-87/h7-12,75H,3-6,13-74H2,1-2H3,(H,91,101)(H,92,102)(H,93,103)(H,94,104)(H,99,105)(H3,90,95,96,97,98). The third-order valence-electron chi connectivity index (χ3n) is 18.4. The van der Waals surface area contributed by atoms with Gasteiger partial charge in [-0.2, -0.15) is 9.97 Å². The fraction of sp³-hybridized carbons (Fsp3) is 0.775. The summed E-state index contributed by atoms with van der Waals surface area (Å²) in [7, 11) is 3.23. The van der Waals surface area contributed by atoms with Crippen LogP contribution < -0.4 is 37.1 Å². The first-order valence-electron chi connectivity index (χ1n) is 46.4. The first-order valence-corrected chi connectivity index (χ1v) is 46.4. The molecule has 0 bridgehead atoms. The summed E-state index contributed by atoms with van der Waals surface area (Å²) >= 11 is 0. The molecule has 0 spiro atoms. The highest BCUT2D eigenvalue weighted by Gasteiger charge is 2.34. The molecule has 1 aliphatic rings. The highest BCUT2D eigenvalue weighted by Crippen LogP contribution is 2.22. The Bertz CT molecular complexity index is 3390. The van der Waals surface area contributed by atoms with E-state index in [1.54, 1.807) is 14.2 Å². The number of anilines is 1. The highest BCUT2D eigenvalue weighted by molar-refractivity contribution is 6.12. The highest BCUT2D eigenvalue weighted by atomic mass is 16.6. The van der Waals surface area contributed by atoms with Crippen molar-refractivity contribution in [3.05, 3.63) is 53.9 Å². The van der Waals surface area contributed by atoms with Gasteiger partial charge in [-0.3, -0.25) is 38.5 Å². The Kier molecular flexibility index (Phi) is 78.1. The fourth-order valence-electron chi connectivity index (χ4n) is 11.4. The molecular formula is C89H153N11O35. The largest absolute Gasteiger partial charge is 0.471 e. The van der Waals surface area contributed by atoms with E-state index in [1.807, 2.05) is 24.3 Å². The lowest BCUT2D eigenvalue weighted by Crippen LogP contribution is -2.58. The number of rotatable bonds is 102. The van der Waals surface area contributed by atoms with Crippen molar-refractivity contribution in [1.82, 2.24) is 51.4 Å². The first-order chi connectivity index (χ1) is 66.4. The van der Waals surface area contributed by atoms with Gasteiger partial charge in [-0.05, 0) is 24.0 Å².